The van der Waals surface area contributed by atoms with E-state index in [0.717, 1.165) is 0 Å². The van der Waals surface area contributed by atoms with Gasteiger partial charge in [0.25, 0.3) is 5.91 Å². The number of aromatic nitrogens is 2. The summed E-state index contributed by atoms with van der Waals surface area (Å²) in [6.45, 7) is 6.32. The van der Waals surface area contributed by atoms with Gasteiger partial charge in [-0.15, -0.1) is 0 Å². The lowest BCUT2D eigenvalue weighted by atomic mass is 10.2. The Kier molecular flexibility index (Phi) is 5.16. The van der Waals surface area contributed by atoms with Gasteiger partial charge in [-0.2, -0.15) is 4.98 Å². The molecule has 3 rings (SSSR count). The third-order valence-electron chi connectivity index (χ3n) is 4.03. The Morgan fingerprint density at radius 3 is 2.52 bits per heavy atom. The first-order valence-electron chi connectivity index (χ1n) is 8.27. The lowest BCUT2D eigenvalue weighted by Crippen LogP contribution is -2.50. The zero-order chi connectivity index (χ0) is 17.8. The molecule has 7 nitrogen and oxygen atoms in total. The number of amides is 1. The molecule has 0 saturated carbocycles. The van der Waals surface area contributed by atoms with Crippen LogP contribution in [-0.4, -0.2) is 53.7 Å². The van der Waals surface area contributed by atoms with Crippen LogP contribution >= 0.6 is 0 Å². The summed E-state index contributed by atoms with van der Waals surface area (Å²) < 4.78 is 23.5. The summed E-state index contributed by atoms with van der Waals surface area (Å²) in [5.41, 5.74) is 0. The number of halogens is 1. The minimum Gasteiger partial charge on any atom is -0.484 e. The number of hydrogen-bond donors (Lipinski definition) is 0. The maximum Gasteiger partial charge on any atom is 0.324 e. The Labute approximate surface area is 145 Å². The van der Waals surface area contributed by atoms with E-state index in [1.165, 1.54) is 24.3 Å². The highest BCUT2D eigenvalue weighted by Gasteiger charge is 2.25. The molecule has 1 amide bonds. The van der Waals surface area contributed by atoms with Crippen molar-refractivity contribution in [2.75, 3.05) is 37.7 Å². The van der Waals surface area contributed by atoms with Gasteiger partial charge >= 0.3 is 6.01 Å². The van der Waals surface area contributed by atoms with Gasteiger partial charge in [-0.1, -0.05) is 19.0 Å². The van der Waals surface area contributed by atoms with Crippen LogP contribution in [0.5, 0.6) is 5.75 Å². The summed E-state index contributed by atoms with van der Waals surface area (Å²) in [6.07, 6.45) is 0. The van der Waals surface area contributed by atoms with Gasteiger partial charge in [0.15, 0.2) is 12.4 Å². The smallest absolute Gasteiger partial charge is 0.324 e. The second-order valence-corrected chi connectivity index (χ2v) is 6.20. The van der Waals surface area contributed by atoms with Gasteiger partial charge in [-0.3, -0.25) is 4.79 Å². The Hall–Kier alpha value is -2.64. The van der Waals surface area contributed by atoms with Crippen molar-refractivity contribution in [3.63, 3.8) is 0 Å². The van der Waals surface area contributed by atoms with Crippen LogP contribution in [0.15, 0.2) is 28.8 Å². The van der Waals surface area contributed by atoms with E-state index in [1.807, 2.05) is 18.7 Å². The third kappa shape index (κ3) is 4.26. The van der Waals surface area contributed by atoms with Gasteiger partial charge < -0.3 is 19.1 Å². The largest absolute Gasteiger partial charge is 0.484 e. The monoisotopic (exact) mass is 348 g/mol. The van der Waals surface area contributed by atoms with E-state index in [1.54, 1.807) is 4.90 Å². The number of carbonyl (C=O) groups is 1. The van der Waals surface area contributed by atoms with Crippen LogP contribution in [0.1, 0.15) is 25.6 Å². The number of rotatable bonds is 5. The molecule has 25 heavy (non-hydrogen) atoms. The third-order valence-corrected chi connectivity index (χ3v) is 4.03. The van der Waals surface area contributed by atoms with Gasteiger partial charge in [-0.05, 0) is 24.3 Å². The molecule has 8 heteroatoms. The fourth-order valence-electron chi connectivity index (χ4n) is 2.50. The number of carbonyl (C=O) groups excluding carboxylic acids is 1. The molecule has 1 aliphatic heterocycles. The van der Waals surface area contributed by atoms with Crippen molar-refractivity contribution in [1.29, 1.82) is 0 Å². The highest BCUT2D eigenvalue weighted by molar-refractivity contribution is 5.78. The molecule has 1 aromatic carbocycles. The number of ether oxygens (including phenoxy) is 1. The molecule has 1 fully saturated rings. The Morgan fingerprint density at radius 2 is 1.92 bits per heavy atom. The second-order valence-electron chi connectivity index (χ2n) is 6.20. The quantitative estimate of drug-likeness (QED) is 0.824. The number of hydrogen-bond acceptors (Lipinski definition) is 6. The molecular weight excluding hydrogens is 327 g/mol. The average Bonchev–Trinajstić information content (AvgIpc) is 3.11. The predicted molar refractivity (Wildman–Crippen MR) is 89.1 cm³/mol. The Morgan fingerprint density at radius 1 is 1.24 bits per heavy atom. The van der Waals surface area contributed by atoms with E-state index in [0.29, 0.717) is 43.8 Å². The van der Waals surface area contributed by atoms with Crippen molar-refractivity contribution >= 4 is 11.9 Å². The number of nitrogens with zero attached hydrogens (tertiary/aromatic N) is 4. The van der Waals surface area contributed by atoms with E-state index in [9.17, 15) is 9.18 Å². The van der Waals surface area contributed by atoms with E-state index < -0.39 is 0 Å². The molecule has 0 bridgehead atoms. The minimum atomic E-state index is -0.337. The van der Waals surface area contributed by atoms with Crippen molar-refractivity contribution in [3.8, 4) is 5.75 Å². The summed E-state index contributed by atoms with van der Waals surface area (Å²) in [5.74, 6) is 0.930. The van der Waals surface area contributed by atoms with Crippen LogP contribution in [-0.2, 0) is 4.79 Å². The van der Waals surface area contributed by atoms with Crippen molar-refractivity contribution in [3.05, 3.63) is 35.9 Å². The molecular formula is C17H21FN4O3. The van der Waals surface area contributed by atoms with E-state index in [2.05, 4.69) is 10.1 Å². The molecule has 1 aromatic heterocycles. The standard InChI is InChI=1S/C17H21FN4O3/c1-12(2)16-19-17(25-20-16)22-9-7-21(8-10-22)15(23)11-24-14-5-3-13(18)4-6-14/h3-6,12H,7-11H2,1-2H3. The highest BCUT2D eigenvalue weighted by Crippen LogP contribution is 2.18. The van der Waals surface area contributed by atoms with Crippen molar-refractivity contribution < 1.29 is 18.4 Å². The van der Waals surface area contributed by atoms with Crippen LogP contribution in [0.2, 0.25) is 0 Å². The highest BCUT2D eigenvalue weighted by atomic mass is 19.1. The van der Waals surface area contributed by atoms with Crippen LogP contribution < -0.4 is 9.64 Å². The maximum absolute atomic E-state index is 12.8. The maximum atomic E-state index is 12.8. The summed E-state index contributed by atoms with van der Waals surface area (Å²) in [7, 11) is 0. The van der Waals surface area contributed by atoms with Crippen molar-refractivity contribution in [1.82, 2.24) is 15.0 Å². The number of benzene rings is 1. The molecule has 0 radical (unpaired) electrons. The normalized spacial score (nSPS) is 14.9. The van der Waals surface area contributed by atoms with Crippen LogP contribution in [0.25, 0.3) is 0 Å². The molecule has 1 saturated heterocycles. The molecule has 0 atom stereocenters. The molecule has 0 aliphatic carbocycles. The summed E-state index contributed by atoms with van der Waals surface area (Å²) in [4.78, 5) is 20.3. The van der Waals surface area contributed by atoms with E-state index >= 15 is 0 Å². The topological polar surface area (TPSA) is 71.7 Å². The zero-order valence-electron chi connectivity index (χ0n) is 14.3. The summed E-state index contributed by atoms with van der Waals surface area (Å²) in [5, 5.41) is 3.96. The fraction of sp³-hybridized carbons (Fsp3) is 0.471. The predicted octanol–water partition coefficient (Wildman–Crippen LogP) is 2.06. The molecule has 2 heterocycles. The first kappa shape index (κ1) is 17.2. The average molecular weight is 348 g/mol. The Bertz CT molecular complexity index is 709. The second kappa shape index (κ2) is 7.50. The number of piperazine rings is 1. The van der Waals surface area contributed by atoms with Crippen molar-refractivity contribution in [2.45, 2.75) is 19.8 Å². The van der Waals surface area contributed by atoms with Crippen LogP contribution in [0, 0.1) is 5.82 Å². The van der Waals surface area contributed by atoms with Gasteiger partial charge in [0.05, 0.1) is 0 Å². The number of anilines is 1. The summed E-state index contributed by atoms with van der Waals surface area (Å²) in [6, 6.07) is 6.10. The van der Waals surface area contributed by atoms with Gasteiger partial charge in [0.2, 0.25) is 0 Å². The first-order chi connectivity index (χ1) is 12.0. The summed E-state index contributed by atoms with van der Waals surface area (Å²) >= 11 is 0. The molecule has 2 aromatic rings. The van der Waals surface area contributed by atoms with E-state index in [-0.39, 0.29) is 24.2 Å². The Balaban J connectivity index is 1.47. The molecule has 0 spiro atoms. The lowest BCUT2D eigenvalue weighted by Gasteiger charge is -2.33. The van der Waals surface area contributed by atoms with Crippen LogP contribution in [0.4, 0.5) is 10.4 Å². The zero-order valence-corrected chi connectivity index (χ0v) is 14.3. The minimum absolute atomic E-state index is 0.0658. The fourth-order valence-corrected chi connectivity index (χ4v) is 2.50. The molecule has 1 aliphatic rings. The van der Waals surface area contributed by atoms with E-state index in [4.69, 9.17) is 9.26 Å². The first-order valence-corrected chi connectivity index (χ1v) is 8.27. The van der Waals surface area contributed by atoms with Crippen LogP contribution in [0.3, 0.4) is 0 Å². The molecule has 0 N–H and O–H groups in total. The lowest BCUT2D eigenvalue weighted by molar-refractivity contribution is -0.133. The molecule has 134 valence electrons. The van der Waals surface area contributed by atoms with Gasteiger partial charge in [0, 0.05) is 32.1 Å². The van der Waals surface area contributed by atoms with Gasteiger partial charge in [-0.25, -0.2) is 4.39 Å². The van der Waals surface area contributed by atoms with Gasteiger partial charge in [0.1, 0.15) is 11.6 Å². The van der Waals surface area contributed by atoms with Crippen molar-refractivity contribution in [2.24, 2.45) is 0 Å². The SMILES string of the molecule is CC(C)c1noc(N2CCN(C(=O)COc3ccc(F)cc3)CC2)n1. The molecule has 0 unspecified atom stereocenters.